The van der Waals surface area contributed by atoms with Gasteiger partial charge in [-0.1, -0.05) is 0 Å². The summed E-state index contributed by atoms with van der Waals surface area (Å²) >= 11 is 0. The van der Waals surface area contributed by atoms with Crippen molar-refractivity contribution in [3.8, 4) is 0 Å². The maximum Gasteiger partial charge on any atom is 0.323 e. The van der Waals surface area contributed by atoms with Crippen LogP contribution in [0, 0.1) is 5.92 Å². The zero-order chi connectivity index (χ0) is 16.1. The molecule has 124 valence electrons. The molecule has 0 aromatic carbocycles. The highest BCUT2D eigenvalue weighted by Gasteiger charge is 2.33. The van der Waals surface area contributed by atoms with E-state index in [1.165, 1.54) is 4.90 Å². The Hall–Kier alpha value is -1.79. The lowest BCUT2D eigenvalue weighted by molar-refractivity contribution is -0.146. The number of piperidine rings is 1. The third-order valence-electron chi connectivity index (χ3n) is 4.44. The van der Waals surface area contributed by atoms with E-state index in [1.54, 1.807) is 11.8 Å². The predicted octanol–water partition coefficient (Wildman–Crippen LogP) is 0.847. The zero-order valence-electron chi connectivity index (χ0n) is 13.2. The first-order valence-corrected chi connectivity index (χ1v) is 8.07. The summed E-state index contributed by atoms with van der Waals surface area (Å²) in [5, 5.41) is 8.88. The van der Waals surface area contributed by atoms with Gasteiger partial charge in [-0.25, -0.2) is 4.79 Å². The van der Waals surface area contributed by atoms with Gasteiger partial charge < -0.3 is 19.8 Å². The quantitative estimate of drug-likeness (QED) is 0.834. The lowest BCUT2D eigenvalue weighted by Gasteiger charge is -2.36. The van der Waals surface area contributed by atoms with Crippen molar-refractivity contribution in [2.24, 2.45) is 5.92 Å². The molecule has 2 rings (SSSR count). The molecule has 2 aliphatic heterocycles. The SMILES string of the molecule is CCN(CC(=O)O)C(=O)C1CCCN(C(=O)N2CCCC2)C1. The van der Waals surface area contributed by atoms with E-state index in [0.717, 1.165) is 38.8 Å². The monoisotopic (exact) mass is 311 g/mol. The Kier molecular flexibility index (Phi) is 5.63. The molecule has 3 amide bonds. The molecule has 1 unspecified atom stereocenters. The maximum absolute atomic E-state index is 12.5. The number of rotatable bonds is 4. The Balaban J connectivity index is 1.95. The number of hydrogen-bond acceptors (Lipinski definition) is 3. The number of amides is 3. The van der Waals surface area contributed by atoms with Gasteiger partial charge in [0.1, 0.15) is 6.54 Å². The summed E-state index contributed by atoms with van der Waals surface area (Å²) in [4.78, 5) is 40.7. The van der Waals surface area contributed by atoms with Crippen LogP contribution in [0.5, 0.6) is 0 Å². The molecule has 22 heavy (non-hydrogen) atoms. The fourth-order valence-electron chi connectivity index (χ4n) is 3.23. The Morgan fingerprint density at radius 3 is 2.32 bits per heavy atom. The largest absolute Gasteiger partial charge is 0.480 e. The molecule has 0 aromatic rings. The zero-order valence-corrected chi connectivity index (χ0v) is 13.2. The van der Waals surface area contributed by atoms with Crippen LogP contribution in [0.3, 0.4) is 0 Å². The van der Waals surface area contributed by atoms with E-state index in [4.69, 9.17) is 5.11 Å². The molecule has 2 saturated heterocycles. The third kappa shape index (κ3) is 3.90. The number of carboxylic acids is 1. The molecule has 0 radical (unpaired) electrons. The molecule has 2 fully saturated rings. The molecule has 0 spiro atoms. The number of hydrogen-bond donors (Lipinski definition) is 1. The van der Waals surface area contributed by atoms with Gasteiger partial charge in [0.2, 0.25) is 5.91 Å². The van der Waals surface area contributed by atoms with Crippen molar-refractivity contribution in [2.45, 2.75) is 32.6 Å². The number of carbonyl (C=O) groups excluding carboxylic acids is 2. The van der Waals surface area contributed by atoms with Crippen LogP contribution in [0.15, 0.2) is 0 Å². The lowest BCUT2D eigenvalue weighted by Crippen LogP contribution is -2.50. The van der Waals surface area contributed by atoms with E-state index in [-0.39, 0.29) is 24.4 Å². The van der Waals surface area contributed by atoms with Crippen LogP contribution >= 0.6 is 0 Å². The molecule has 0 saturated carbocycles. The molecular weight excluding hydrogens is 286 g/mol. The predicted molar refractivity (Wildman–Crippen MR) is 80.4 cm³/mol. The highest BCUT2D eigenvalue weighted by atomic mass is 16.4. The molecule has 0 aromatic heterocycles. The van der Waals surface area contributed by atoms with Crippen LogP contribution in [-0.4, -0.2) is 77.0 Å². The summed E-state index contributed by atoms with van der Waals surface area (Å²) in [6.07, 6.45) is 3.60. The number of urea groups is 1. The van der Waals surface area contributed by atoms with Gasteiger partial charge in [0.15, 0.2) is 0 Å². The minimum Gasteiger partial charge on any atom is -0.480 e. The molecule has 1 N–H and O–H groups in total. The standard InChI is InChI=1S/C15H25N3O4/c1-2-16(11-13(19)20)14(21)12-6-5-9-18(10-12)15(22)17-7-3-4-8-17/h12H,2-11H2,1H3,(H,19,20). The number of carboxylic acid groups (broad SMARTS) is 1. The van der Waals surface area contributed by atoms with Crippen LogP contribution in [0.2, 0.25) is 0 Å². The van der Waals surface area contributed by atoms with Crippen molar-refractivity contribution in [1.82, 2.24) is 14.7 Å². The third-order valence-corrected chi connectivity index (χ3v) is 4.44. The average Bonchev–Trinajstić information content (AvgIpc) is 3.05. The number of aliphatic carboxylic acids is 1. The van der Waals surface area contributed by atoms with Crippen molar-refractivity contribution in [3.63, 3.8) is 0 Å². The number of nitrogens with zero attached hydrogens (tertiary/aromatic N) is 3. The van der Waals surface area contributed by atoms with Crippen LogP contribution in [0.25, 0.3) is 0 Å². The minimum atomic E-state index is -1.00. The molecule has 1 atom stereocenters. The highest BCUT2D eigenvalue weighted by molar-refractivity contribution is 5.84. The number of likely N-dealkylation sites (tertiary alicyclic amines) is 2. The fourth-order valence-corrected chi connectivity index (χ4v) is 3.23. The first-order chi connectivity index (χ1) is 10.5. The summed E-state index contributed by atoms with van der Waals surface area (Å²) < 4.78 is 0. The van der Waals surface area contributed by atoms with Gasteiger partial charge in [0, 0.05) is 32.7 Å². The van der Waals surface area contributed by atoms with Crippen LogP contribution in [-0.2, 0) is 9.59 Å². The average molecular weight is 311 g/mol. The van der Waals surface area contributed by atoms with Gasteiger partial charge in [-0.15, -0.1) is 0 Å². The summed E-state index contributed by atoms with van der Waals surface area (Å²) in [5.41, 5.74) is 0. The first kappa shape index (κ1) is 16.6. The minimum absolute atomic E-state index is 0.0243. The second-order valence-electron chi connectivity index (χ2n) is 6.01. The van der Waals surface area contributed by atoms with Crippen molar-refractivity contribution < 1.29 is 19.5 Å². The Labute approximate surface area is 130 Å². The van der Waals surface area contributed by atoms with Crippen LogP contribution in [0.4, 0.5) is 4.79 Å². The summed E-state index contributed by atoms with van der Waals surface area (Å²) in [7, 11) is 0. The molecule has 0 aliphatic carbocycles. The normalized spacial score (nSPS) is 21.8. The smallest absolute Gasteiger partial charge is 0.323 e. The molecule has 7 heteroatoms. The van der Waals surface area contributed by atoms with Crippen LogP contribution in [0.1, 0.15) is 32.6 Å². The fraction of sp³-hybridized carbons (Fsp3) is 0.800. The molecule has 2 heterocycles. The summed E-state index contributed by atoms with van der Waals surface area (Å²) in [6.45, 7) is 4.57. The van der Waals surface area contributed by atoms with Gasteiger partial charge in [-0.05, 0) is 32.6 Å². The maximum atomic E-state index is 12.5. The van der Waals surface area contributed by atoms with Crippen molar-refractivity contribution in [2.75, 3.05) is 39.3 Å². The Morgan fingerprint density at radius 2 is 1.73 bits per heavy atom. The van der Waals surface area contributed by atoms with Gasteiger partial charge in [0.25, 0.3) is 0 Å². The molecule has 0 bridgehead atoms. The summed E-state index contributed by atoms with van der Waals surface area (Å²) in [6, 6.07) is 0.0243. The van der Waals surface area contributed by atoms with Crippen molar-refractivity contribution >= 4 is 17.9 Å². The molecular formula is C15H25N3O4. The van der Waals surface area contributed by atoms with Gasteiger partial charge in [-0.3, -0.25) is 9.59 Å². The summed E-state index contributed by atoms with van der Waals surface area (Å²) in [5.74, 6) is -1.43. The molecule has 7 nitrogen and oxygen atoms in total. The second kappa shape index (κ2) is 7.47. The van der Waals surface area contributed by atoms with Gasteiger partial charge in [0.05, 0.1) is 5.92 Å². The van der Waals surface area contributed by atoms with E-state index >= 15 is 0 Å². The van der Waals surface area contributed by atoms with E-state index in [1.807, 2.05) is 4.90 Å². The topological polar surface area (TPSA) is 81.2 Å². The lowest BCUT2D eigenvalue weighted by atomic mass is 9.96. The molecule has 2 aliphatic rings. The van der Waals surface area contributed by atoms with Crippen molar-refractivity contribution in [3.05, 3.63) is 0 Å². The van der Waals surface area contributed by atoms with Gasteiger partial charge >= 0.3 is 12.0 Å². The van der Waals surface area contributed by atoms with E-state index in [2.05, 4.69) is 0 Å². The Bertz CT molecular complexity index is 435. The van der Waals surface area contributed by atoms with E-state index in [0.29, 0.717) is 19.6 Å². The van der Waals surface area contributed by atoms with E-state index in [9.17, 15) is 14.4 Å². The second-order valence-corrected chi connectivity index (χ2v) is 6.01. The number of carbonyl (C=O) groups is 3. The first-order valence-electron chi connectivity index (χ1n) is 8.07. The van der Waals surface area contributed by atoms with Crippen molar-refractivity contribution in [1.29, 1.82) is 0 Å². The Morgan fingerprint density at radius 1 is 1.09 bits per heavy atom. The highest BCUT2D eigenvalue weighted by Crippen LogP contribution is 2.21. The van der Waals surface area contributed by atoms with Gasteiger partial charge in [-0.2, -0.15) is 0 Å². The van der Waals surface area contributed by atoms with E-state index < -0.39 is 5.97 Å². The number of likely N-dealkylation sites (N-methyl/N-ethyl adjacent to an activating group) is 1. The van der Waals surface area contributed by atoms with Crippen LogP contribution < -0.4 is 0 Å².